The maximum Gasteiger partial charge on any atom is 0.252 e. The fourth-order valence-electron chi connectivity index (χ4n) is 3.52. The fourth-order valence-corrected chi connectivity index (χ4v) is 3.52. The number of ether oxygens (including phenoxy) is 2. The van der Waals surface area contributed by atoms with Crippen LogP contribution < -0.4 is 20.9 Å². The molecule has 0 aliphatic heterocycles. The van der Waals surface area contributed by atoms with Gasteiger partial charge in [-0.15, -0.1) is 0 Å². The van der Waals surface area contributed by atoms with Gasteiger partial charge in [0.2, 0.25) is 5.91 Å². The number of nitrogens with one attached hydrogen (secondary N) is 1. The van der Waals surface area contributed by atoms with E-state index in [0.717, 1.165) is 0 Å². The molecule has 0 radical (unpaired) electrons. The van der Waals surface area contributed by atoms with E-state index < -0.39 is 11.8 Å². The molecule has 2 aromatic heterocycles. The average Bonchev–Trinajstić information content (AvgIpc) is 3.28. The van der Waals surface area contributed by atoms with Crippen LogP contribution in [0.4, 0.5) is 0 Å². The van der Waals surface area contributed by atoms with Crippen LogP contribution in [0.2, 0.25) is 0 Å². The number of para-hydroxylation sites is 1. The van der Waals surface area contributed by atoms with Crippen molar-refractivity contribution in [3.63, 3.8) is 0 Å². The molecule has 5 N–H and O–H groups in total. The molecule has 0 bridgehead atoms. The number of hydrogen-bond donors (Lipinski definition) is 3. The Bertz CT molecular complexity index is 1560. The molecule has 0 aliphatic rings. The van der Waals surface area contributed by atoms with E-state index in [1.54, 1.807) is 60.8 Å². The molecule has 2 amide bonds. The zero-order valence-corrected chi connectivity index (χ0v) is 18.3. The standard InChI is InChI=1S/C26H19N5O4/c27-24(32)15-6-5-7-16(12-15)34-22-13-19-20(31-26(30-19)18-9-3-4-11-29-18)14-23(22)35-21-10-2-1-8-17(21)25(28)33/h1-14H,(H2,27,32)(H2,28,33)(H,30,31). The summed E-state index contributed by atoms with van der Waals surface area (Å²) in [6.45, 7) is 0. The Morgan fingerprint density at radius 2 is 1.57 bits per heavy atom. The van der Waals surface area contributed by atoms with Gasteiger partial charge >= 0.3 is 0 Å². The van der Waals surface area contributed by atoms with Gasteiger partial charge in [-0.05, 0) is 42.5 Å². The molecule has 5 rings (SSSR count). The number of carbonyl (C=O) groups excluding carboxylic acids is 2. The molecule has 5 aromatic rings. The van der Waals surface area contributed by atoms with Gasteiger partial charge in [-0.2, -0.15) is 0 Å². The highest BCUT2D eigenvalue weighted by Crippen LogP contribution is 2.39. The van der Waals surface area contributed by atoms with E-state index >= 15 is 0 Å². The largest absolute Gasteiger partial charge is 0.453 e. The van der Waals surface area contributed by atoms with Crippen molar-refractivity contribution in [1.82, 2.24) is 15.0 Å². The topological polar surface area (TPSA) is 146 Å². The van der Waals surface area contributed by atoms with E-state index in [4.69, 9.17) is 20.9 Å². The van der Waals surface area contributed by atoms with Gasteiger partial charge in [0.15, 0.2) is 17.3 Å². The van der Waals surface area contributed by atoms with Crippen LogP contribution in [0.1, 0.15) is 20.7 Å². The third-order valence-electron chi connectivity index (χ3n) is 5.17. The molecule has 172 valence electrons. The molecule has 0 saturated heterocycles. The summed E-state index contributed by atoms with van der Waals surface area (Å²) in [6.07, 6.45) is 1.68. The van der Waals surface area contributed by atoms with Gasteiger partial charge in [-0.25, -0.2) is 4.98 Å². The molecular formula is C26H19N5O4. The molecule has 0 fully saturated rings. The highest BCUT2D eigenvalue weighted by Gasteiger charge is 2.17. The lowest BCUT2D eigenvalue weighted by Crippen LogP contribution is -2.12. The number of fused-ring (bicyclic) bond motifs is 1. The number of nitrogens with zero attached hydrogens (tertiary/aromatic N) is 2. The van der Waals surface area contributed by atoms with Gasteiger partial charge in [0, 0.05) is 23.9 Å². The first-order valence-electron chi connectivity index (χ1n) is 10.6. The molecule has 0 saturated carbocycles. The molecule has 9 nitrogen and oxygen atoms in total. The number of aromatic amines is 1. The Morgan fingerprint density at radius 1 is 0.771 bits per heavy atom. The zero-order valence-electron chi connectivity index (χ0n) is 18.3. The molecular weight excluding hydrogens is 446 g/mol. The summed E-state index contributed by atoms with van der Waals surface area (Å²) in [6, 6.07) is 22.0. The molecule has 9 heteroatoms. The Morgan fingerprint density at radius 3 is 2.34 bits per heavy atom. The number of carbonyl (C=O) groups is 2. The second-order valence-electron chi connectivity index (χ2n) is 7.57. The second-order valence-corrected chi connectivity index (χ2v) is 7.57. The van der Waals surface area contributed by atoms with Crippen molar-refractivity contribution in [2.75, 3.05) is 0 Å². The Kier molecular flexibility index (Phi) is 5.56. The van der Waals surface area contributed by atoms with Crippen molar-refractivity contribution in [3.8, 4) is 34.5 Å². The molecule has 35 heavy (non-hydrogen) atoms. The molecule has 0 spiro atoms. The Balaban J connectivity index is 1.62. The van der Waals surface area contributed by atoms with E-state index in [1.807, 2.05) is 18.2 Å². The number of imidazole rings is 1. The number of amides is 2. The number of rotatable bonds is 7. The van der Waals surface area contributed by atoms with Gasteiger partial charge in [0.25, 0.3) is 5.91 Å². The highest BCUT2D eigenvalue weighted by molar-refractivity contribution is 5.96. The smallest absolute Gasteiger partial charge is 0.252 e. The van der Waals surface area contributed by atoms with Crippen LogP contribution in [0.3, 0.4) is 0 Å². The lowest BCUT2D eigenvalue weighted by Gasteiger charge is -2.14. The van der Waals surface area contributed by atoms with Crippen molar-refractivity contribution in [1.29, 1.82) is 0 Å². The van der Waals surface area contributed by atoms with Gasteiger partial charge in [0.1, 0.15) is 17.2 Å². The monoisotopic (exact) mass is 465 g/mol. The number of H-pyrrole nitrogens is 1. The normalized spacial score (nSPS) is 10.7. The SMILES string of the molecule is NC(=O)c1cccc(Oc2cc3[nH]c(-c4ccccn4)nc3cc2Oc2ccccc2C(N)=O)c1. The number of nitrogens with two attached hydrogens (primary N) is 2. The zero-order chi connectivity index (χ0) is 24.4. The quantitative estimate of drug-likeness (QED) is 0.324. The predicted molar refractivity (Wildman–Crippen MR) is 129 cm³/mol. The summed E-state index contributed by atoms with van der Waals surface area (Å²) in [7, 11) is 0. The third-order valence-corrected chi connectivity index (χ3v) is 5.17. The minimum absolute atomic E-state index is 0.213. The predicted octanol–water partition coefficient (Wildman–Crippen LogP) is 4.41. The first kappa shape index (κ1) is 21.7. The van der Waals surface area contributed by atoms with E-state index in [2.05, 4.69) is 15.0 Å². The van der Waals surface area contributed by atoms with Gasteiger partial charge in [-0.3, -0.25) is 14.6 Å². The van der Waals surface area contributed by atoms with Gasteiger partial charge in [0.05, 0.1) is 16.6 Å². The van der Waals surface area contributed by atoms with Crippen LogP contribution in [0, 0.1) is 0 Å². The molecule has 0 aliphatic carbocycles. The minimum Gasteiger partial charge on any atom is -0.453 e. The first-order valence-corrected chi connectivity index (χ1v) is 10.6. The lowest BCUT2D eigenvalue weighted by atomic mass is 10.2. The van der Waals surface area contributed by atoms with Gasteiger partial charge in [-0.1, -0.05) is 24.3 Å². The number of hydrogen-bond acceptors (Lipinski definition) is 6. The molecule has 3 aromatic carbocycles. The van der Waals surface area contributed by atoms with Crippen molar-refractivity contribution >= 4 is 22.8 Å². The summed E-state index contributed by atoms with van der Waals surface area (Å²) < 4.78 is 12.2. The average molecular weight is 465 g/mol. The van der Waals surface area contributed by atoms with E-state index in [-0.39, 0.29) is 17.1 Å². The summed E-state index contributed by atoms with van der Waals surface area (Å²) in [5.74, 6) is 0.594. The first-order chi connectivity index (χ1) is 17.0. The molecule has 0 atom stereocenters. The summed E-state index contributed by atoms with van der Waals surface area (Å²) in [5.41, 5.74) is 13.4. The maximum atomic E-state index is 11.9. The fraction of sp³-hybridized carbons (Fsp3) is 0. The maximum absolute atomic E-state index is 11.9. The Hall–Kier alpha value is -5.18. The number of benzene rings is 3. The van der Waals surface area contributed by atoms with Gasteiger partial charge < -0.3 is 25.9 Å². The molecule has 0 unspecified atom stereocenters. The van der Waals surface area contributed by atoms with Crippen molar-refractivity contribution in [3.05, 3.63) is 96.2 Å². The second kappa shape index (κ2) is 8.99. The van der Waals surface area contributed by atoms with Crippen LogP contribution in [0.15, 0.2) is 85.1 Å². The van der Waals surface area contributed by atoms with Crippen LogP contribution in [0.25, 0.3) is 22.6 Å². The summed E-state index contributed by atoms with van der Waals surface area (Å²) in [5, 5.41) is 0. The summed E-state index contributed by atoms with van der Waals surface area (Å²) in [4.78, 5) is 35.7. The van der Waals surface area contributed by atoms with Crippen molar-refractivity contribution in [2.24, 2.45) is 11.5 Å². The van der Waals surface area contributed by atoms with Crippen LogP contribution >= 0.6 is 0 Å². The highest BCUT2D eigenvalue weighted by atomic mass is 16.5. The van der Waals surface area contributed by atoms with Crippen LogP contribution in [0.5, 0.6) is 23.0 Å². The minimum atomic E-state index is -0.629. The number of pyridine rings is 1. The van der Waals surface area contributed by atoms with E-state index in [9.17, 15) is 9.59 Å². The number of aromatic nitrogens is 3. The summed E-state index contributed by atoms with van der Waals surface area (Å²) >= 11 is 0. The lowest BCUT2D eigenvalue weighted by molar-refractivity contribution is 0.0990. The van der Waals surface area contributed by atoms with E-state index in [1.165, 1.54) is 6.07 Å². The molecule has 2 heterocycles. The van der Waals surface area contributed by atoms with E-state index in [0.29, 0.717) is 39.6 Å². The Labute approximate surface area is 199 Å². The number of primary amides is 2. The van der Waals surface area contributed by atoms with Crippen molar-refractivity contribution in [2.45, 2.75) is 0 Å². The van der Waals surface area contributed by atoms with Crippen molar-refractivity contribution < 1.29 is 19.1 Å². The van der Waals surface area contributed by atoms with Crippen LogP contribution in [-0.4, -0.2) is 26.8 Å². The van der Waals surface area contributed by atoms with Crippen LogP contribution in [-0.2, 0) is 0 Å². The third kappa shape index (κ3) is 4.51.